The normalized spacial score (nSPS) is 12.0. The van der Waals surface area contributed by atoms with Crippen molar-refractivity contribution in [3.63, 3.8) is 0 Å². The predicted octanol–water partition coefficient (Wildman–Crippen LogP) is 7.84. The van der Waals surface area contributed by atoms with E-state index in [1.54, 1.807) is 12.5 Å². The molecule has 0 fully saturated rings. The summed E-state index contributed by atoms with van der Waals surface area (Å²) in [5.74, 6) is 0.703. The van der Waals surface area contributed by atoms with E-state index in [1.807, 2.05) is 47.2 Å². The van der Waals surface area contributed by atoms with Crippen molar-refractivity contribution in [2.45, 2.75) is 20.3 Å². The van der Waals surface area contributed by atoms with Crippen LogP contribution in [0, 0.1) is 26.3 Å². The molecule has 3 aromatic carbocycles. The van der Waals surface area contributed by atoms with E-state index in [9.17, 15) is 0 Å². The van der Waals surface area contributed by atoms with Gasteiger partial charge in [-0.3, -0.25) is 9.67 Å². The van der Waals surface area contributed by atoms with Crippen molar-refractivity contribution in [3.05, 3.63) is 139 Å². The molecule has 5 aromatic rings. The molecule has 37 heavy (non-hydrogen) atoms. The number of hydrogen-bond acceptors (Lipinski definition) is 3. The molecule has 1 radical (unpaired) electrons. The predicted molar refractivity (Wildman–Crippen MR) is 145 cm³/mol. The summed E-state index contributed by atoms with van der Waals surface area (Å²) in [7, 11) is 0. The van der Waals surface area contributed by atoms with Crippen LogP contribution >= 0.6 is 0 Å². The molecular formula is C32H27IrN3O-2. The Labute approximate surface area is 231 Å². The second-order valence-corrected chi connectivity index (χ2v) is 8.48. The number of aryl methyl sites for hydroxylation is 1. The van der Waals surface area contributed by atoms with E-state index in [1.165, 1.54) is 22.3 Å². The molecule has 187 valence electrons. The largest absolute Gasteiger partial charge is 0.503 e. The summed E-state index contributed by atoms with van der Waals surface area (Å²) in [5, 5.41) is 4.72. The maximum atomic E-state index is 5.13. The van der Waals surface area contributed by atoms with Gasteiger partial charge in [-0.05, 0) is 36.2 Å². The number of aromatic nitrogens is 3. The van der Waals surface area contributed by atoms with Crippen LogP contribution in [0.5, 0.6) is 0 Å². The van der Waals surface area contributed by atoms with E-state index in [2.05, 4.69) is 85.9 Å². The van der Waals surface area contributed by atoms with Gasteiger partial charge in [-0.1, -0.05) is 61.0 Å². The van der Waals surface area contributed by atoms with Crippen molar-refractivity contribution in [2.75, 3.05) is 0 Å². The number of allylic oxidation sites excluding steroid dienone is 4. The van der Waals surface area contributed by atoms with Crippen molar-refractivity contribution in [1.82, 2.24) is 14.8 Å². The van der Waals surface area contributed by atoms with E-state index in [-0.39, 0.29) is 20.1 Å². The fraction of sp³-hybridized carbons (Fsp3) is 0.0938. The molecule has 0 N–H and O–H groups in total. The van der Waals surface area contributed by atoms with Crippen LogP contribution < -0.4 is 0 Å². The summed E-state index contributed by atoms with van der Waals surface area (Å²) in [5.41, 5.74) is 9.04. The Morgan fingerprint density at radius 1 is 0.892 bits per heavy atom. The smallest absolute Gasteiger partial charge is 0.111 e. The van der Waals surface area contributed by atoms with Gasteiger partial charge in [0.15, 0.2) is 0 Å². The van der Waals surface area contributed by atoms with Gasteiger partial charge in [0, 0.05) is 37.6 Å². The molecule has 0 unspecified atom stereocenters. The van der Waals surface area contributed by atoms with Gasteiger partial charge in [0.2, 0.25) is 0 Å². The van der Waals surface area contributed by atoms with Crippen LogP contribution in [0.15, 0.2) is 114 Å². The van der Waals surface area contributed by atoms with Crippen molar-refractivity contribution >= 4 is 5.57 Å². The van der Waals surface area contributed by atoms with E-state index in [4.69, 9.17) is 9.52 Å². The standard InChI is InChI=1S/C23H19N2.C9H8NO.Ir/c1-17-23(18(2)25(24-17)22-11-7-4-8-12-22)21-15-13-20(14-16-21)19-9-5-3-6-10-19;1-2-4-8(5-3-1)9-10-6-7-11-9;/h3-11,13-16H,1-2H3;1-2,4-7H,3H2;/q2*-1;. The number of oxazole rings is 1. The summed E-state index contributed by atoms with van der Waals surface area (Å²) in [6.07, 6.45) is 12.4. The minimum Gasteiger partial charge on any atom is -0.503 e. The third-order valence-corrected chi connectivity index (χ3v) is 6.06. The first-order valence-corrected chi connectivity index (χ1v) is 12.0. The maximum absolute atomic E-state index is 5.13. The Hall–Kier alpha value is -3.92. The first kappa shape index (κ1) is 26.2. The molecular weight excluding hydrogens is 635 g/mol. The van der Waals surface area contributed by atoms with E-state index < -0.39 is 0 Å². The third-order valence-electron chi connectivity index (χ3n) is 6.06. The summed E-state index contributed by atoms with van der Waals surface area (Å²) in [6.45, 7) is 4.17. The quantitative estimate of drug-likeness (QED) is 0.185. The van der Waals surface area contributed by atoms with Crippen LogP contribution in [0.25, 0.3) is 33.5 Å². The van der Waals surface area contributed by atoms with Crippen LogP contribution in [0.4, 0.5) is 0 Å². The Morgan fingerprint density at radius 2 is 1.62 bits per heavy atom. The molecule has 1 aliphatic carbocycles. The molecule has 0 amide bonds. The van der Waals surface area contributed by atoms with Crippen LogP contribution in [0.3, 0.4) is 0 Å². The third kappa shape index (κ3) is 6.08. The van der Waals surface area contributed by atoms with Gasteiger partial charge >= 0.3 is 0 Å². The number of hydrogen-bond donors (Lipinski definition) is 0. The van der Waals surface area contributed by atoms with Gasteiger partial charge in [-0.15, -0.1) is 23.8 Å². The average molecular weight is 662 g/mol. The van der Waals surface area contributed by atoms with Gasteiger partial charge in [0.25, 0.3) is 0 Å². The molecule has 0 spiro atoms. The molecule has 4 nitrogen and oxygen atoms in total. The number of para-hydroxylation sites is 1. The molecule has 0 bridgehead atoms. The minimum atomic E-state index is 0. The van der Waals surface area contributed by atoms with Gasteiger partial charge in [-0.2, -0.15) is 41.9 Å². The monoisotopic (exact) mass is 662 g/mol. The summed E-state index contributed by atoms with van der Waals surface area (Å²) in [4.78, 5) is 4.04. The van der Waals surface area contributed by atoms with Gasteiger partial charge in [0.05, 0.1) is 12.0 Å². The van der Waals surface area contributed by atoms with E-state index in [0.717, 1.165) is 29.1 Å². The summed E-state index contributed by atoms with van der Waals surface area (Å²) in [6, 6.07) is 30.3. The number of benzene rings is 3. The zero-order valence-electron chi connectivity index (χ0n) is 20.8. The van der Waals surface area contributed by atoms with Gasteiger partial charge in [0.1, 0.15) is 5.89 Å². The molecule has 0 aliphatic heterocycles. The average Bonchev–Trinajstić information content (AvgIpc) is 3.59. The second kappa shape index (κ2) is 12.4. The second-order valence-electron chi connectivity index (χ2n) is 8.48. The number of nitrogens with zero attached hydrogens (tertiary/aromatic N) is 3. The first-order chi connectivity index (χ1) is 17.7. The van der Waals surface area contributed by atoms with Crippen LogP contribution in [0.1, 0.15) is 23.7 Å². The summed E-state index contributed by atoms with van der Waals surface area (Å²) >= 11 is 0. The zero-order chi connectivity index (χ0) is 24.7. The van der Waals surface area contributed by atoms with Crippen LogP contribution in [0.2, 0.25) is 0 Å². The molecule has 5 heteroatoms. The molecule has 2 heterocycles. The van der Waals surface area contributed by atoms with Crippen molar-refractivity contribution in [3.8, 4) is 27.9 Å². The van der Waals surface area contributed by atoms with Crippen molar-refractivity contribution < 1.29 is 24.5 Å². The van der Waals surface area contributed by atoms with E-state index >= 15 is 0 Å². The summed E-state index contributed by atoms with van der Waals surface area (Å²) < 4.78 is 7.10. The van der Waals surface area contributed by atoms with Crippen LogP contribution in [-0.4, -0.2) is 14.8 Å². The van der Waals surface area contributed by atoms with Crippen LogP contribution in [-0.2, 0) is 20.1 Å². The fourth-order valence-electron chi connectivity index (χ4n) is 4.31. The van der Waals surface area contributed by atoms with Gasteiger partial charge < -0.3 is 4.42 Å². The molecule has 2 aromatic heterocycles. The zero-order valence-corrected chi connectivity index (χ0v) is 23.2. The molecule has 0 atom stereocenters. The minimum absolute atomic E-state index is 0. The molecule has 6 rings (SSSR count). The van der Waals surface area contributed by atoms with Crippen molar-refractivity contribution in [1.29, 1.82) is 0 Å². The van der Waals surface area contributed by atoms with Crippen molar-refractivity contribution in [2.24, 2.45) is 0 Å². The molecule has 1 aliphatic rings. The molecule has 0 saturated heterocycles. The SMILES string of the molecule is C1=CC[CH-]C(c2ncco2)=C1.Cc1nn(-c2[c-]cccc2)c(C)c1-c1ccc(-c2ccccc2)cc1.[Ir]. The fourth-order valence-corrected chi connectivity index (χ4v) is 4.31. The Kier molecular flexibility index (Phi) is 8.73. The Balaban J connectivity index is 0.000000224. The first-order valence-electron chi connectivity index (χ1n) is 12.0. The number of rotatable bonds is 4. The topological polar surface area (TPSA) is 43.9 Å². The Bertz CT molecular complexity index is 1470. The Morgan fingerprint density at radius 3 is 2.27 bits per heavy atom. The maximum Gasteiger partial charge on any atom is 0.111 e. The van der Waals surface area contributed by atoms with E-state index in [0.29, 0.717) is 5.89 Å². The van der Waals surface area contributed by atoms with Gasteiger partial charge in [-0.25, -0.2) is 0 Å². The molecule has 0 saturated carbocycles.